The highest BCUT2D eigenvalue weighted by Gasteiger charge is 2.27. The van der Waals surface area contributed by atoms with Crippen LogP contribution in [-0.2, 0) is 6.42 Å². The lowest BCUT2D eigenvalue weighted by Gasteiger charge is -2.08. The number of fused-ring (bicyclic) bond motifs is 1. The summed E-state index contributed by atoms with van der Waals surface area (Å²) in [4.78, 5) is 14.7. The SMILES string of the molecule is NCCc1c[nH]c2ccc(C(=O)NCC(F)(F)F)cc12. The Morgan fingerprint density at radius 3 is 2.75 bits per heavy atom. The summed E-state index contributed by atoms with van der Waals surface area (Å²) in [5.41, 5.74) is 7.44. The molecule has 0 unspecified atom stereocenters. The van der Waals surface area contributed by atoms with Gasteiger partial charge in [-0.1, -0.05) is 0 Å². The molecule has 0 aliphatic carbocycles. The van der Waals surface area contributed by atoms with Crippen LogP contribution in [0.3, 0.4) is 0 Å². The third-order valence-corrected chi connectivity index (χ3v) is 2.89. The Labute approximate surface area is 113 Å². The predicted octanol–water partition coefficient (Wildman–Crippen LogP) is 1.96. The standard InChI is InChI=1S/C13H14F3N3O/c14-13(15,16)7-19-12(20)8-1-2-11-10(5-8)9(3-4-17)6-18-11/h1-2,5-6,18H,3-4,7,17H2,(H,19,20). The molecule has 7 heteroatoms. The molecule has 0 aliphatic heterocycles. The molecule has 20 heavy (non-hydrogen) atoms. The number of halogens is 3. The van der Waals surface area contributed by atoms with Gasteiger partial charge in [0.25, 0.3) is 5.91 Å². The smallest absolute Gasteiger partial charge is 0.361 e. The minimum absolute atomic E-state index is 0.194. The molecular weight excluding hydrogens is 271 g/mol. The first-order chi connectivity index (χ1) is 9.40. The molecule has 0 spiro atoms. The fraction of sp³-hybridized carbons (Fsp3) is 0.308. The lowest BCUT2D eigenvalue weighted by atomic mass is 10.1. The van der Waals surface area contributed by atoms with E-state index in [-0.39, 0.29) is 5.56 Å². The number of nitrogens with two attached hydrogens (primary N) is 1. The van der Waals surface area contributed by atoms with Crippen molar-refractivity contribution in [3.8, 4) is 0 Å². The summed E-state index contributed by atoms with van der Waals surface area (Å²) in [5.74, 6) is -0.746. The Bertz CT molecular complexity index is 619. The van der Waals surface area contributed by atoms with Crippen LogP contribution in [0.15, 0.2) is 24.4 Å². The number of nitrogens with one attached hydrogen (secondary N) is 2. The lowest BCUT2D eigenvalue weighted by molar-refractivity contribution is -0.123. The van der Waals surface area contributed by atoms with Crippen molar-refractivity contribution in [2.45, 2.75) is 12.6 Å². The second-order valence-electron chi connectivity index (χ2n) is 4.41. The van der Waals surface area contributed by atoms with Crippen LogP contribution in [0.5, 0.6) is 0 Å². The largest absolute Gasteiger partial charge is 0.405 e. The molecule has 0 bridgehead atoms. The second-order valence-corrected chi connectivity index (χ2v) is 4.41. The van der Waals surface area contributed by atoms with E-state index in [4.69, 9.17) is 5.73 Å². The van der Waals surface area contributed by atoms with Crippen LogP contribution in [0, 0.1) is 0 Å². The number of amides is 1. The average molecular weight is 285 g/mol. The number of hydrogen-bond donors (Lipinski definition) is 3. The molecule has 108 valence electrons. The highest BCUT2D eigenvalue weighted by molar-refractivity contribution is 5.98. The van der Waals surface area contributed by atoms with Crippen LogP contribution in [0.1, 0.15) is 15.9 Å². The van der Waals surface area contributed by atoms with Gasteiger partial charge in [-0.25, -0.2) is 0 Å². The van der Waals surface area contributed by atoms with Crippen LogP contribution in [0.4, 0.5) is 13.2 Å². The van der Waals surface area contributed by atoms with E-state index in [1.807, 2.05) is 5.32 Å². The summed E-state index contributed by atoms with van der Waals surface area (Å²) in [5, 5.41) is 2.65. The molecule has 1 aromatic carbocycles. The Kier molecular flexibility index (Phi) is 3.99. The van der Waals surface area contributed by atoms with Gasteiger partial charge in [0, 0.05) is 22.7 Å². The monoisotopic (exact) mass is 285 g/mol. The van der Waals surface area contributed by atoms with Crippen molar-refractivity contribution in [2.24, 2.45) is 5.73 Å². The predicted molar refractivity (Wildman–Crippen MR) is 69.4 cm³/mol. The van der Waals surface area contributed by atoms with Gasteiger partial charge >= 0.3 is 6.18 Å². The lowest BCUT2D eigenvalue weighted by Crippen LogP contribution is -2.33. The molecule has 0 saturated carbocycles. The molecular formula is C13H14F3N3O. The maximum absolute atomic E-state index is 12.1. The van der Waals surface area contributed by atoms with E-state index in [0.29, 0.717) is 13.0 Å². The maximum atomic E-state index is 12.1. The summed E-state index contributed by atoms with van der Waals surface area (Å²) in [6.45, 7) is -0.885. The van der Waals surface area contributed by atoms with Crippen molar-refractivity contribution >= 4 is 16.8 Å². The number of carbonyl (C=O) groups is 1. The molecule has 2 aromatic rings. The molecule has 2 rings (SSSR count). The van der Waals surface area contributed by atoms with Gasteiger partial charge in [0.1, 0.15) is 6.54 Å². The van der Waals surface area contributed by atoms with Gasteiger partial charge in [0.2, 0.25) is 0 Å². The first-order valence-corrected chi connectivity index (χ1v) is 6.06. The Balaban J connectivity index is 2.22. The first kappa shape index (κ1) is 14.4. The van der Waals surface area contributed by atoms with Gasteiger partial charge in [-0.3, -0.25) is 4.79 Å². The average Bonchev–Trinajstić information content (AvgIpc) is 2.78. The molecule has 0 saturated heterocycles. The van der Waals surface area contributed by atoms with Crippen LogP contribution in [-0.4, -0.2) is 30.2 Å². The number of aromatic nitrogens is 1. The Hall–Kier alpha value is -2.02. The molecule has 4 N–H and O–H groups in total. The van der Waals surface area contributed by atoms with Crippen LogP contribution in [0.2, 0.25) is 0 Å². The van der Waals surface area contributed by atoms with Crippen molar-refractivity contribution in [1.82, 2.24) is 10.3 Å². The van der Waals surface area contributed by atoms with Crippen molar-refractivity contribution in [2.75, 3.05) is 13.1 Å². The van der Waals surface area contributed by atoms with Crippen LogP contribution < -0.4 is 11.1 Å². The summed E-state index contributed by atoms with van der Waals surface area (Å²) >= 11 is 0. The number of benzene rings is 1. The number of hydrogen-bond acceptors (Lipinski definition) is 2. The Morgan fingerprint density at radius 1 is 1.35 bits per heavy atom. The van der Waals surface area contributed by atoms with E-state index in [0.717, 1.165) is 16.5 Å². The number of alkyl halides is 3. The second kappa shape index (κ2) is 5.54. The third-order valence-electron chi connectivity index (χ3n) is 2.89. The van der Waals surface area contributed by atoms with Gasteiger partial charge in [-0.05, 0) is 36.7 Å². The minimum atomic E-state index is -4.42. The molecule has 0 aliphatic rings. The van der Waals surface area contributed by atoms with E-state index in [2.05, 4.69) is 4.98 Å². The van der Waals surface area contributed by atoms with Gasteiger partial charge < -0.3 is 16.0 Å². The molecule has 4 nitrogen and oxygen atoms in total. The van der Waals surface area contributed by atoms with E-state index in [1.54, 1.807) is 18.3 Å². The molecule has 0 atom stereocenters. The van der Waals surface area contributed by atoms with Gasteiger partial charge in [-0.15, -0.1) is 0 Å². The minimum Gasteiger partial charge on any atom is -0.361 e. The van der Waals surface area contributed by atoms with E-state index in [1.165, 1.54) is 6.07 Å². The van der Waals surface area contributed by atoms with Gasteiger partial charge in [0.15, 0.2) is 0 Å². The normalized spacial score (nSPS) is 11.8. The van der Waals surface area contributed by atoms with Crippen molar-refractivity contribution in [3.63, 3.8) is 0 Å². The number of aromatic amines is 1. The zero-order valence-corrected chi connectivity index (χ0v) is 10.6. The van der Waals surface area contributed by atoms with Crippen LogP contribution in [0.25, 0.3) is 10.9 Å². The third kappa shape index (κ3) is 3.30. The van der Waals surface area contributed by atoms with Crippen molar-refractivity contribution in [3.05, 3.63) is 35.5 Å². The number of H-pyrrole nitrogens is 1. The number of carbonyl (C=O) groups excluding carboxylic acids is 1. The van der Waals surface area contributed by atoms with E-state index >= 15 is 0 Å². The highest BCUT2D eigenvalue weighted by atomic mass is 19.4. The molecule has 1 aromatic heterocycles. The highest BCUT2D eigenvalue weighted by Crippen LogP contribution is 2.20. The van der Waals surface area contributed by atoms with Crippen molar-refractivity contribution < 1.29 is 18.0 Å². The fourth-order valence-corrected chi connectivity index (χ4v) is 1.96. The van der Waals surface area contributed by atoms with Crippen LogP contribution >= 0.6 is 0 Å². The molecule has 0 fully saturated rings. The first-order valence-electron chi connectivity index (χ1n) is 6.06. The topological polar surface area (TPSA) is 70.9 Å². The van der Waals surface area contributed by atoms with Crippen molar-refractivity contribution in [1.29, 1.82) is 0 Å². The summed E-state index contributed by atoms with van der Waals surface area (Å²) in [7, 11) is 0. The van der Waals surface area contributed by atoms with E-state index in [9.17, 15) is 18.0 Å². The molecule has 1 heterocycles. The Morgan fingerprint density at radius 2 is 2.10 bits per heavy atom. The molecule has 0 radical (unpaired) electrons. The summed E-state index contributed by atoms with van der Waals surface area (Å²) in [6, 6.07) is 4.72. The number of rotatable bonds is 4. The zero-order chi connectivity index (χ0) is 14.8. The quantitative estimate of drug-likeness (QED) is 0.803. The zero-order valence-electron chi connectivity index (χ0n) is 10.6. The summed E-state index contributed by atoms with van der Waals surface area (Å²) < 4.78 is 36.2. The van der Waals surface area contributed by atoms with Gasteiger partial charge in [-0.2, -0.15) is 13.2 Å². The fourth-order valence-electron chi connectivity index (χ4n) is 1.96. The van der Waals surface area contributed by atoms with E-state index < -0.39 is 18.6 Å². The van der Waals surface area contributed by atoms with Gasteiger partial charge in [0.05, 0.1) is 0 Å². The maximum Gasteiger partial charge on any atom is 0.405 e. The summed E-state index contributed by atoms with van der Waals surface area (Å²) in [6.07, 6.45) is -2.00. The molecule has 1 amide bonds.